The van der Waals surface area contributed by atoms with Crippen LogP contribution in [0.3, 0.4) is 0 Å². The SMILES string of the molecule is C[C@@H]1CN(C(=O)Nc2cccc(-c3nccn3C)c2)C[C@H](C)S1. The summed E-state index contributed by atoms with van der Waals surface area (Å²) in [4.78, 5) is 18.8. The molecular formula is C17H22N4OS. The minimum atomic E-state index is -0.0269. The largest absolute Gasteiger partial charge is 0.334 e. The van der Waals surface area contributed by atoms with Crippen molar-refractivity contribution in [3.63, 3.8) is 0 Å². The van der Waals surface area contributed by atoms with Gasteiger partial charge in [-0.2, -0.15) is 11.8 Å². The van der Waals surface area contributed by atoms with Gasteiger partial charge in [-0.05, 0) is 12.1 Å². The summed E-state index contributed by atoms with van der Waals surface area (Å²) in [6.45, 7) is 5.92. The lowest BCUT2D eigenvalue weighted by molar-refractivity contribution is 0.211. The van der Waals surface area contributed by atoms with Crippen LogP contribution in [-0.2, 0) is 7.05 Å². The number of nitrogens with zero attached hydrogens (tertiary/aromatic N) is 3. The van der Waals surface area contributed by atoms with E-state index >= 15 is 0 Å². The fourth-order valence-electron chi connectivity index (χ4n) is 2.93. The first-order valence-electron chi connectivity index (χ1n) is 7.82. The van der Waals surface area contributed by atoms with Gasteiger partial charge in [-0.3, -0.25) is 0 Å². The Bertz CT molecular complexity index is 689. The molecule has 1 fully saturated rings. The molecule has 5 nitrogen and oxygen atoms in total. The quantitative estimate of drug-likeness (QED) is 0.917. The van der Waals surface area contributed by atoms with Crippen molar-refractivity contribution in [2.75, 3.05) is 18.4 Å². The number of hydrogen-bond donors (Lipinski definition) is 1. The Morgan fingerprint density at radius 3 is 2.70 bits per heavy atom. The maximum atomic E-state index is 12.5. The number of anilines is 1. The number of thioether (sulfide) groups is 1. The van der Waals surface area contributed by atoms with Crippen molar-refractivity contribution in [2.45, 2.75) is 24.3 Å². The molecule has 2 atom stereocenters. The molecule has 122 valence electrons. The maximum Gasteiger partial charge on any atom is 0.321 e. The first-order chi connectivity index (χ1) is 11.0. The number of nitrogens with one attached hydrogen (secondary N) is 1. The van der Waals surface area contributed by atoms with Crippen molar-refractivity contribution in [3.8, 4) is 11.4 Å². The number of hydrogen-bond acceptors (Lipinski definition) is 3. The number of carbonyl (C=O) groups is 1. The van der Waals surface area contributed by atoms with Gasteiger partial charge in [-0.15, -0.1) is 0 Å². The van der Waals surface area contributed by atoms with Crippen LogP contribution in [0.4, 0.5) is 10.5 Å². The second-order valence-electron chi connectivity index (χ2n) is 6.04. The van der Waals surface area contributed by atoms with E-state index in [1.807, 2.05) is 58.7 Å². The van der Waals surface area contributed by atoms with Crippen molar-refractivity contribution in [2.24, 2.45) is 7.05 Å². The zero-order valence-electron chi connectivity index (χ0n) is 13.7. The smallest absolute Gasteiger partial charge is 0.321 e. The predicted molar refractivity (Wildman–Crippen MR) is 95.8 cm³/mol. The Hall–Kier alpha value is -1.95. The molecule has 0 unspecified atom stereocenters. The molecule has 0 saturated carbocycles. The van der Waals surface area contributed by atoms with E-state index in [2.05, 4.69) is 24.1 Å². The molecular weight excluding hydrogens is 308 g/mol. The van der Waals surface area contributed by atoms with E-state index in [0.717, 1.165) is 30.2 Å². The molecule has 1 aliphatic heterocycles. The van der Waals surface area contributed by atoms with E-state index in [0.29, 0.717) is 10.5 Å². The predicted octanol–water partition coefficient (Wildman–Crippen LogP) is 3.44. The van der Waals surface area contributed by atoms with Crippen LogP contribution in [0, 0.1) is 0 Å². The van der Waals surface area contributed by atoms with Gasteiger partial charge < -0.3 is 14.8 Å². The number of imidazole rings is 1. The van der Waals surface area contributed by atoms with Crippen molar-refractivity contribution in [3.05, 3.63) is 36.7 Å². The minimum absolute atomic E-state index is 0.0269. The molecule has 6 heteroatoms. The second kappa shape index (κ2) is 6.66. The molecule has 3 rings (SSSR count). The highest BCUT2D eigenvalue weighted by molar-refractivity contribution is 8.00. The second-order valence-corrected chi connectivity index (χ2v) is 7.92. The highest BCUT2D eigenvalue weighted by Crippen LogP contribution is 2.26. The Morgan fingerprint density at radius 2 is 2.04 bits per heavy atom. The van der Waals surface area contributed by atoms with E-state index in [-0.39, 0.29) is 6.03 Å². The normalized spacial score (nSPS) is 21.3. The number of carbonyl (C=O) groups excluding carboxylic acids is 1. The van der Waals surface area contributed by atoms with Gasteiger partial charge in [-0.25, -0.2) is 9.78 Å². The van der Waals surface area contributed by atoms with E-state index in [1.165, 1.54) is 0 Å². The lowest BCUT2D eigenvalue weighted by Gasteiger charge is -2.34. The Kier molecular flexibility index (Phi) is 4.61. The maximum absolute atomic E-state index is 12.5. The van der Waals surface area contributed by atoms with Gasteiger partial charge in [-0.1, -0.05) is 26.0 Å². The number of aromatic nitrogens is 2. The van der Waals surface area contributed by atoms with Gasteiger partial charge >= 0.3 is 6.03 Å². The fraction of sp³-hybridized carbons (Fsp3) is 0.412. The average Bonchev–Trinajstić information content (AvgIpc) is 2.92. The molecule has 0 radical (unpaired) electrons. The molecule has 23 heavy (non-hydrogen) atoms. The van der Waals surface area contributed by atoms with Crippen LogP contribution in [0.5, 0.6) is 0 Å². The Labute approximate surface area is 141 Å². The monoisotopic (exact) mass is 330 g/mol. The molecule has 1 saturated heterocycles. The molecule has 0 aliphatic carbocycles. The summed E-state index contributed by atoms with van der Waals surface area (Å²) < 4.78 is 1.96. The van der Waals surface area contributed by atoms with Crippen LogP contribution in [-0.4, -0.2) is 44.1 Å². The molecule has 1 N–H and O–H groups in total. The number of urea groups is 1. The molecule has 1 aromatic carbocycles. The van der Waals surface area contributed by atoms with E-state index in [4.69, 9.17) is 0 Å². The highest BCUT2D eigenvalue weighted by Gasteiger charge is 2.25. The lowest BCUT2D eigenvalue weighted by atomic mass is 10.2. The topological polar surface area (TPSA) is 50.2 Å². The minimum Gasteiger partial charge on any atom is -0.334 e. The van der Waals surface area contributed by atoms with Gasteiger partial charge in [0.05, 0.1) is 0 Å². The van der Waals surface area contributed by atoms with E-state index in [1.54, 1.807) is 6.20 Å². The van der Waals surface area contributed by atoms with Crippen LogP contribution in [0.1, 0.15) is 13.8 Å². The van der Waals surface area contributed by atoms with Gasteiger partial charge in [0.15, 0.2) is 0 Å². The molecule has 2 aromatic rings. The number of amides is 2. The van der Waals surface area contributed by atoms with Crippen LogP contribution in [0.15, 0.2) is 36.7 Å². The highest BCUT2D eigenvalue weighted by atomic mass is 32.2. The van der Waals surface area contributed by atoms with Gasteiger partial charge in [0.25, 0.3) is 0 Å². The fourth-order valence-corrected chi connectivity index (χ4v) is 4.25. The van der Waals surface area contributed by atoms with E-state index < -0.39 is 0 Å². The van der Waals surface area contributed by atoms with Crippen LogP contribution >= 0.6 is 11.8 Å². The number of aryl methyl sites for hydroxylation is 1. The summed E-state index contributed by atoms with van der Waals surface area (Å²) in [5.74, 6) is 0.887. The van der Waals surface area contributed by atoms with Gasteiger partial charge in [0.2, 0.25) is 0 Å². The van der Waals surface area contributed by atoms with Crippen LogP contribution in [0.25, 0.3) is 11.4 Å². The summed E-state index contributed by atoms with van der Waals surface area (Å²) in [5, 5.41) is 3.97. The molecule has 1 aliphatic rings. The summed E-state index contributed by atoms with van der Waals surface area (Å²) >= 11 is 1.94. The van der Waals surface area contributed by atoms with Crippen molar-refractivity contribution in [1.82, 2.24) is 14.5 Å². The lowest BCUT2D eigenvalue weighted by Crippen LogP contribution is -2.46. The zero-order chi connectivity index (χ0) is 16.4. The standard InChI is InChI=1S/C17H22N4OS/c1-12-10-21(11-13(2)23-12)17(22)19-15-6-4-5-14(9-15)16-18-7-8-20(16)3/h4-9,12-13H,10-11H2,1-3H3,(H,19,22)/t12-,13+. The van der Waals surface area contributed by atoms with Crippen molar-refractivity contribution < 1.29 is 4.79 Å². The Balaban J connectivity index is 1.73. The summed E-state index contributed by atoms with van der Waals surface area (Å²) in [5.41, 5.74) is 1.79. The summed E-state index contributed by atoms with van der Waals surface area (Å²) in [7, 11) is 1.96. The van der Waals surface area contributed by atoms with E-state index in [9.17, 15) is 4.79 Å². The third-order valence-electron chi connectivity index (χ3n) is 3.90. The third-order valence-corrected chi connectivity index (χ3v) is 5.13. The first kappa shape index (κ1) is 15.9. The average molecular weight is 330 g/mol. The van der Waals surface area contributed by atoms with Gasteiger partial charge in [0.1, 0.15) is 5.82 Å². The number of benzene rings is 1. The van der Waals surface area contributed by atoms with Crippen LogP contribution < -0.4 is 5.32 Å². The van der Waals surface area contributed by atoms with Crippen molar-refractivity contribution >= 4 is 23.5 Å². The molecule has 0 spiro atoms. The first-order valence-corrected chi connectivity index (χ1v) is 8.76. The molecule has 1 aromatic heterocycles. The Morgan fingerprint density at radius 1 is 1.30 bits per heavy atom. The zero-order valence-corrected chi connectivity index (χ0v) is 14.5. The summed E-state index contributed by atoms with van der Waals surface area (Å²) in [6.07, 6.45) is 3.68. The molecule has 2 amide bonds. The number of rotatable bonds is 2. The molecule has 0 bridgehead atoms. The van der Waals surface area contributed by atoms with Crippen molar-refractivity contribution in [1.29, 1.82) is 0 Å². The van der Waals surface area contributed by atoms with Gasteiger partial charge in [0, 0.05) is 54.3 Å². The summed E-state index contributed by atoms with van der Waals surface area (Å²) in [6, 6.07) is 7.79. The third kappa shape index (κ3) is 3.69. The molecule has 2 heterocycles. The van der Waals surface area contributed by atoms with Crippen LogP contribution in [0.2, 0.25) is 0 Å².